The molecule has 4 nitrogen and oxygen atoms in total. The van der Waals surface area contributed by atoms with Crippen molar-refractivity contribution < 1.29 is 9.90 Å². The summed E-state index contributed by atoms with van der Waals surface area (Å²) in [6, 6.07) is 12.5. The van der Waals surface area contributed by atoms with E-state index in [1.807, 2.05) is 31.2 Å². The van der Waals surface area contributed by atoms with Gasteiger partial charge in [0.05, 0.1) is 5.56 Å². The third-order valence-electron chi connectivity index (χ3n) is 3.18. The van der Waals surface area contributed by atoms with Crippen molar-refractivity contribution in [2.75, 3.05) is 12.3 Å². The maximum atomic E-state index is 12.6. The molecule has 0 bridgehead atoms. The molecule has 5 heteroatoms. The summed E-state index contributed by atoms with van der Waals surface area (Å²) in [5, 5.41) is 9.89. The molecule has 0 unspecified atom stereocenters. The first-order valence-corrected chi connectivity index (χ1v) is 7.71. The number of carbonyl (C=O) groups excluding carboxylic acids is 1. The van der Waals surface area contributed by atoms with Crippen LogP contribution in [0.4, 0.5) is 5.69 Å². The molecule has 0 radical (unpaired) electrons. The van der Waals surface area contributed by atoms with Gasteiger partial charge in [0.1, 0.15) is 5.75 Å². The van der Waals surface area contributed by atoms with E-state index < -0.39 is 0 Å². The van der Waals surface area contributed by atoms with Crippen molar-refractivity contribution in [3.05, 3.63) is 57.2 Å². The highest BCUT2D eigenvalue weighted by atomic mass is 127. The molecule has 0 heterocycles. The Balaban J connectivity index is 2.24. The molecule has 0 saturated heterocycles. The van der Waals surface area contributed by atoms with Crippen LogP contribution in [0.1, 0.15) is 22.8 Å². The van der Waals surface area contributed by atoms with E-state index in [-0.39, 0.29) is 11.7 Å². The lowest BCUT2D eigenvalue weighted by Gasteiger charge is -2.22. The maximum Gasteiger partial charge on any atom is 0.257 e. The molecule has 3 N–H and O–H groups in total. The number of phenols is 1. The highest BCUT2D eigenvalue weighted by Gasteiger charge is 2.18. The number of nitrogen functional groups attached to an aromatic ring is 1. The first-order chi connectivity index (χ1) is 10.0. The van der Waals surface area contributed by atoms with Gasteiger partial charge in [-0.25, -0.2) is 0 Å². The van der Waals surface area contributed by atoms with E-state index in [1.165, 1.54) is 0 Å². The number of nitrogens with two attached hydrogens (primary N) is 1. The predicted molar refractivity (Wildman–Crippen MR) is 92.1 cm³/mol. The second kappa shape index (κ2) is 6.80. The molecule has 21 heavy (non-hydrogen) atoms. The lowest BCUT2D eigenvalue weighted by atomic mass is 10.1. The van der Waals surface area contributed by atoms with Gasteiger partial charge >= 0.3 is 0 Å². The number of aromatic hydroxyl groups is 1. The largest absolute Gasteiger partial charge is 0.507 e. The van der Waals surface area contributed by atoms with Crippen LogP contribution in [0.25, 0.3) is 0 Å². The van der Waals surface area contributed by atoms with E-state index in [0.717, 1.165) is 9.13 Å². The van der Waals surface area contributed by atoms with Gasteiger partial charge in [-0.15, -0.1) is 0 Å². The Kier molecular flexibility index (Phi) is 5.06. The minimum atomic E-state index is -0.184. The van der Waals surface area contributed by atoms with Crippen LogP contribution in [0, 0.1) is 3.57 Å². The zero-order valence-corrected chi connectivity index (χ0v) is 13.9. The molecule has 2 aromatic carbocycles. The first-order valence-electron chi connectivity index (χ1n) is 6.63. The summed E-state index contributed by atoms with van der Waals surface area (Å²) in [5.74, 6) is -0.178. The standard InChI is InChI=1S/C16H17IN2O2/c1-2-19(10-11-4-3-5-13(18)8-11)16(21)14-9-12(17)6-7-15(14)20/h3-9,20H,2,10,18H2,1H3. The fourth-order valence-corrected chi connectivity index (χ4v) is 2.58. The highest BCUT2D eigenvalue weighted by Crippen LogP contribution is 2.22. The third kappa shape index (κ3) is 3.87. The molecule has 0 spiro atoms. The predicted octanol–water partition coefficient (Wildman–Crippen LogP) is 3.24. The van der Waals surface area contributed by atoms with Crippen LogP contribution in [0.2, 0.25) is 0 Å². The second-order valence-corrected chi connectivity index (χ2v) is 5.97. The van der Waals surface area contributed by atoms with E-state index in [9.17, 15) is 9.90 Å². The van der Waals surface area contributed by atoms with Crippen molar-refractivity contribution in [2.45, 2.75) is 13.5 Å². The average molecular weight is 396 g/mol. The molecule has 0 fully saturated rings. The SMILES string of the molecule is CCN(Cc1cccc(N)c1)C(=O)c1cc(I)ccc1O. The van der Waals surface area contributed by atoms with Gasteiger partial charge in [0.25, 0.3) is 5.91 Å². The van der Waals surface area contributed by atoms with Crippen molar-refractivity contribution >= 4 is 34.2 Å². The monoisotopic (exact) mass is 396 g/mol. The number of phenolic OH excluding ortho intramolecular Hbond substituents is 1. The molecular formula is C16H17IN2O2. The van der Waals surface area contributed by atoms with Crippen molar-refractivity contribution in [2.24, 2.45) is 0 Å². The summed E-state index contributed by atoms with van der Waals surface area (Å²) < 4.78 is 0.911. The summed E-state index contributed by atoms with van der Waals surface area (Å²) in [5.41, 5.74) is 7.73. The number of nitrogens with zero attached hydrogens (tertiary/aromatic N) is 1. The number of amides is 1. The molecule has 0 aliphatic carbocycles. The lowest BCUT2D eigenvalue weighted by Crippen LogP contribution is -2.30. The van der Waals surface area contributed by atoms with Crippen molar-refractivity contribution in [3.8, 4) is 5.75 Å². The normalized spacial score (nSPS) is 10.4. The van der Waals surface area contributed by atoms with Gasteiger partial charge in [-0.1, -0.05) is 12.1 Å². The van der Waals surface area contributed by atoms with E-state index in [4.69, 9.17) is 5.73 Å². The Morgan fingerprint density at radius 3 is 2.71 bits per heavy atom. The van der Waals surface area contributed by atoms with E-state index >= 15 is 0 Å². The average Bonchev–Trinajstić information content (AvgIpc) is 2.46. The molecule has 0 aliphatic rings. The summed E-state index contributed by atoms with van der Waals surface area (Å²) in [4.78, 5) is 14.3. The van der Waals surface area contributed by atoms with Gasteiger partial charge in [0.15, 0.2) is 0 Å². The Morgan fingerprint density at radius 2 is 2.05 bits per heavy atom. The van der Waals surface area contributed by atoms with Crippen molar-refractivity contribution in [3.63, 3.8) is 0 Å². The van der Waals surface area contributed by atoms with Gasteiger partial charge in [0, 0.05) is 22.3 Å². The summed E-state index contributed by atoms with van der Waals surface area (Å²) >= 11 is 2.12. The minimum Gasteiger partial charge on any atom is -0.507 e. The van der Waals surface area contributed by atoms with Crippen molar-refractivity contribution in [1.29, 1.82) is 0 Å². The van der Waals surface area contributed by atoms with Gasteiger partial charge in [-0.05, 0) is 65.4 Å². The zero-order valence-electron chi connectivity index (χ0n) is 11.7. The number of hydrogen-bond acceptors (Lipinski definition) is 3. The summed E-state index contributed by atoms with van der Waals surface area (Å²) in [7, 11) is 0. The number of rotatable bonds is 4. The van der Waals surface area contributed by atoms with Crippen LogP contribution in [0.5, 0.6) is 5.75 Å². The van der Waals surface area contributed by atoms with Crippen LogP contribution >= 0.6 is 22.6 Å². The maximum absolute atomic E-state index is 12.6. The minimum absolute atomic E-state index is 0.00596. The molecular weight excluding hydrogens is 379 g/mol. The number of benzene rings is 2. The molecule has 110 valence electrons. The number of anilines is 1. The topological polar surface area (TPSA) is 66.6 Å². The molecule has 2 aromatic rings. The number of halogens is 1. The Morgan fingerprint density at radius 1 is 1.29 bits per heavy atom. The van der Waals surface area contributed by atoms with Gasteiger partial charge in [0.2, 0.25) is 0 Å². The number of hydrogen-bond donors (Lipinski definition) is 2. The highest BCUT2D eigenvalue weighted by molar-refractivity contribution is 14.1. The molecule has 1 amide bonds. The zero-order chi connectivity index (χ0) is 15.4. The van der Waals surface area contributed by atoms with Gasteiger partial charge in [-0.3, -0.25) is 4.79 Å². The molecule has 0 aromatic heterocycles. The molecule has 0 atom stereocenters. The number of carbonyl (C=O) groups is 1. The van der Waals surface area contributed by atoms with Crippen LogP contribution in [-0.4, -0.2) is 22.5 Å². The molecule has 0 aliphatic heterocycles. The Labute approximate surface area is 137 Å². The van der Waals surface area contributed by atoms with E-state index in [0.29, 0.717) is 24.3 Å². The Bertz CT molecular complexity index is 658. The fraction of sp³-hybridized carbons (Fsp3) is 0.188. The van der Waals surface area contributed by atoms with Gasteiger partial charge in [-0.2, -0.15) is 0 Å². The lowest BCUT2D eigenvalue weighted by molar-refractivity contribution is 0.0749. The van der Waals surface area contributed by atoms with Crippen LogP contribution in [0.15, 0.2) is 42.5 Å². The molecule has 2 rings (SSSR count). The smallest absolute Gasteiger partial charge is 0.257 e. The second-order valence-electron chi connectivity index (χ2n) is 4.73. The molecule has 0 saturated carbocycles. The third-order valence-corrected chi connectivity index (χ3v) is 3.85. The van der Waals surface area contributed by atoms with Crippen LogP contribution < -0.4 is 5.73 Å². The van der Waals surface area contributed by atoms with E-state index in [2.05, 4.69) is 22.6 Å². The fourth-order valence-electron chi connectivity index (χ4n) is 2.09. The Hall–Kier alpha value is -1.76. The quantitative estimate of drug-likeness (QED) is 0.616. The summed E-state index contributed by atoms with van der Waals surface area (Å²) in [6.45, 7) is 2.93. The van der Waals surface area contributed by atoms with E-state index in [1.54, 1.807) is 23.1 Å². The summed E-state index contributed by atoms with van der Waals surface area (Å²) in [6.07, 6.45) is 0. The van der Waals surface area contributed by atoms with Crippen LogP contribution in [-0.2, 0) is 6.54 Å². The van der Waals surface area contributed by atoms with Crippen molar-refractivity contribution in [1.82, 2.24) is 4.90 Å². The van der Waals surface area contributed by atoms with Gasteiger partial charge < -0.3 is 15.7 Å². The van der Waals surface area contributed by atoms with Crippen LogP contribution in [0.3, 0.4) is 0 Å². The first kappa shape index (κ1) is 15.6.